The summed E-state index contributed by atoms with van der Waals surface area (Å²) in [4.78, 5) is 12.9. The highest BCUT2D eigenvalue weighted by Gasteiger charge is 2.21. The van der Waals surface area contributed by atoms with Crippen molar-refractivity contribution in [3.05, 3.63) is 38.3 Å². The number of rotatable bonds is 3. The molecule has 0 saturated carbocycles. The van der Waals surface area contributed by atoms with Crippen LogP contribution in [0, 0.1) is 10.1 Å². The fourth-order valence-corrected chi connectivity index (χ4v) is 3.02. The molecule has 1 aliphatic rings. The van der Waals surface area contributed by atoms with Crippen molar-refractivity contribution in [2.24, 2.45) is 0 Å². The van der Waals surface area contributed by atoms with Gasteiger partial charge in [-0.1, -0.05) is 6.07 Å². The topological polar surface area (TPSA) is 58.4 Å². The first-order valence-corrected chi connectivity index (χ1v) is 7.16. The molecule has 0 bridgehead atoms. The smallest absolute Gasteiger partial charge is 0.283 e. The minimum atomic E-state index is -0.351. The van der Waals surface area contributed by atoms with Crippen LogP contribution in [-0.4, -0.2) is 35.0 Å². The van der Waals surface area contributed by atoms with E-state index >= 15 is 0 Å². The molecule has 1 N–H and O–H groups in total. The Morgan fingerprint density at radius 2 is 2.00 bits per heavy atom. The van der Waals surface area contributed by atoms with E-state index in [2.05, 4.69) is 40.0 Å². The molecule has 0 spiro atoms. The van der Waals surface area contributed by atoms with Gasteiger partial charge in [0.2, 0.25) is 0 Å². The molecule has 1 fully saturated rings. The summed E-state index contributed by atoms with van der Waals surface area (Å²) in [6.07, 6.45) is 0. The van der Waals surface area contributed by atoms with Gasteiger partial charge in [-0.3, -0.25) is 15.0 Å². The van der Waals surface area contributed by atoms with E-state index < -0.39 is 0 Å². The maximum atomic E-state index is 10.9. The molecule has 2 atom stereocenters. The number of nitro benzene ring substituents is 1. The highest BCUT2D eigenvalue weighted by molar-refractivity contribution is 9.10. The first kappa shape index (κ1) is 17.4. The summed E-state index contributed by atoms with van der Waals surface area (Å²) in [7, 11) is 0. The monoisotopic (exact) mass is 363 g/mol. The molecular weight excluding hydrogens is 346 g/mol. The van der Waals surface area contributed by atoms with E-state index in [0.29, 0.717) is 16.6 Å². The predicted octanol–water partition coefficient (Wildman–Crippen LogP) is 2.96. The molecule has 1 aromatic carbocycles. The molecule has 1 heterocycles. The van der Waals surface area contributed by atoms with E-state index in [9.17, 15) is 10.1 Å². The molecule has 5 nitrogen and oxygen atoms in total. The van der Waals surface area contributed by atoms with Gasteiger partial charge >= 0.3 is 0 Å². The minimum absolute atomic E-state index is 0. The van der Waals surface area contributed by atoms with Crippen LogP contribution in [0.15, 0.2) is 22.7 Å². The quantitative estimate of drug-likeness (QED) is 0.662. The number of halogens is 2. The average molecular weight is 365 g/mol. The molecule has 2 unspecified atom stereocenters. The third-order valence-electron chi connectivity index (χ3n) is 3.25. The Kier molecular flexibility index (Phi) is 6.39. The first-order chi connectivity index (χ1) is 8.95. The first-order valence-electron chi connectivity index (χ1n) is 6.37. The summed E-state index contributed by atoms with van der Waals surface area (Å²) in [5.74, 6) is 0. The minimum Gasteiger partial charge on any atom is -0.309 e. The number of hydrogen-bond donors (Lipinski definition) is 1. The maximum Gasteiger partial charge on any atom is 0.283 e. The van der Waals surface area contributed by atoms with Crippen LogP contribution >= 0.6 is 28.3 Å². The van der Waals surface area contributed by atoms with Gasteiger partial charge in [0.05, 0.1) is 9.40 Å². The summed E-state index contributed by atoms with van der Waals surface area (Å²) in [5.41, 5.74) is 1.12. The summed E-state index contributed by atoms with van der Waals surface area (Å²) < 4.78 is 0.531. The molecule has 112 valence electrons. The van der Waals surface area contributed by atoms with Gasteiger partial charge in [0.1, 0.15) is 0 Å². The van der Waals surface area contributed by atoms with Crippen molar-refractivity contribution in [1.82, 2.24) is 10.2 Å². The van der Waals surface area contributed by atoms with Crippen LogP contribution in [0.25, 0.3) is 0 Å². The molecule has 1 saturated heterocycles. The van der Waals surface area contributed by atoms with Crippen molar-refractivity contribution in [1.29, 1.82) is 0 Å². The second-order valence-electron chi connectivity index (χ2n) is 5.21. The SMILES string of the molecule is CC1CN(Cc2ccc(Br)c([N+](=O)[O-])c2)CC(C)N1.Cl. The van der Waals surface area contributed by atoms with Gasteiger partial charge in [-0.2, -0.15) is 0 Å². The lowest BCUT2D eigenvalue weighted by Crippen LogP contribution is -2.53. The largest absolute Gasteiger partial charge is 0.309 e. The number of hydrogen-bond acceptors (Lipinski definition) is 4. The second-order valence-corrected chi connectivity index (χ2v) is 6.06. The highest BCUT2D eigenvalue weighted by atomic mass is 79.9. The predicted molar refractivity (Wildman–Crippen MR) is 85.4 cm³/mol. The van der Waals surface area contributed by atoms with E-state index in [1.165, 1.54) is 0 Å². The zero-order valence-electron chi connectivity index (χ0n) is 11.5. The fourth-order valence-electron chi connectivity index (χ4n) is 2.62. The third-order valence-corrected chi connectivity index (χ3v) is 3.92. The Balaban J connectivity index is 0.00000200. The molecule has 0 aliphatic carbocycles. The van der Waals surface area contributed by atoms with Crippen LogP contribution in [-0.2, 0) is 6.54 Å². The van der Waals surface area contributed by atoms with Crippen molar-refractivity contribution in [2.45, 2.75) is 32.5 Å². The Morgan fingerprint density at radius 3 is 2.55 bits per heavy atom. The molecule has 7 heteroatoms. The van der Waals surface area contributed by atoms with Gasteiger partial charge in [-0.15, -0.1) is 12.4 Å². The Labute approximate surface area is 133 Å². The van der Waals surface area contributed by atoms with Gasteiger partial charge in [-0.25, -0.2) is 0 Å². The number of nitrogens with zero attached hydrogens (tertiary/aromatic N) is 2. The Hall–Kier alpha value is -0.690. The van der Waals surface area contributed by atoms with Crippen molar-refractivity contribution in [3.63, 3.8) is 0 Å². The number of piperazine rings is 1. The standard InChI is InChI=1S/C13H18BrN3O2.ClH/c1-9-6-16(7-10(2)15-9)8-11-3-4-12(14)13(5-11)17(18)19;/h3-5,9-10,15H,6-8H2,1-2H3;1H. The van der Waals surface area contributed by atoms with E-state index in [4.69, 9.17) is 0 Å². The number of nitrogens with one attached hydrogen (secondary N) is 1. The van der Waals surface area contributed by atoms with Crippen LogP contribution in [0.1, 0.15) is 19.4 Å². The van der Waals surface area contributed by atoms with Gasteiger partial charge in [-0.05, 0) is 41.4 Å². The van der Waals surface area contributed by atoms with Crippen molar-refractivity contribution in [3.8, 4) is 0 Å². The maximum absolute atomic E-state index is 10.9. The summed E-state index contributed by atoms with van der Waals surface area (Å²) >= 11 is 3.21. The van der Waals surface area contributed by atoms with Crippen LogP contribution in [0.5, 0.6) is 0 Å². The Bertz CT molecular complexity index is 477. The van der Waals surface area contributed by atoms with Gasteiger partial charge in [0, 0.05) is 37.8 Å². The lowest BCUT2D eigenvalue weighted by Gasteiger charge is -2.36. The summed E-state index contributed by atoms with van der Waals surface area (Å²) in [5, 5.41) is 14.4. The van der Waals surface area contributed by atoms with E-state index in [1.807, 2.05) is 6.07 Å². The third kappa shape index (κ3) is 4.41. The Morgan fingerprint density at radius 1 is 1.40 bits per heavy atom. The molecule has 0 radical (unpaired) electrons. The van der Waals surface area contributed by atoms with Gasteiger partial charge < -0.3 is 5.32 Å². The van der Waals surface area contributed by atoms with Gasteiger partial charge in [0.15, 0.2) is 0 Å². The molecule has 1 aromatic rings. The normalized spacial score (nSPS) is 23.1. The number of nitro groups is 1. The molecular formula is C13H19BrClN3O2. The fraction of sp³-hybridized carbons (Fsp3) is 0.538. The van der Waals surface area contributed by atoms with Crippen LogP contribution in [0.2, 0.25) is 0 Å². The van der Waals surface area contributed by atoms with E-state index in [1.54, 1.807) is 12.1 Å². The summed E-state index contributed by atoms with van der Waals surface area (Å²) in [6.45, 7) is 7.01. The van der Waals surface area contributed by atoms with Crippen molar-refractivity contribution < 1.29 is 4.92 Å². The molecule has 20 heavy (non-hydrogen) atoms. The highest BCUT2D eigenvalue weighted by Crippen LogP contribution is 2.26. The van der Waals surface area contributed by atoms with Gasteiger partial charge in [0.25, 0.3) is 5.69 Å². The second kappa shape index (κ2) is 7.36. The average Bonchev–Trinajstić information content (AvgIpc) is 2.30. The number of benzene rings is 1. The van der Waals surface area contributed by atoms with Crippen molar-refractivity contribution >= 4 is 34.0 Å². The molecule has 0 amide bonds. The van der Waals surface area contributed by atoms with Crippen LogP contribution < -0.4 is 5.32 Å². The van der Waals surface area contributed by atoms with Crippen LogP contribution in [0.4, 0.5) is 5.69 Å². The molecule has 1 aliphatic heterocycles. The molecule has 2 rings (SSSR count). The van der Waals surface area contributed by atoms with E-state index in [-0.39, 0.29) is 23.0 Å². The lowest BCUT2D eigenvalue weighted by molar-refractivity contribution is -0.385. The van der Waals surface area contributed by atoms with E-state index in [0.717, 1.165) is 25.2 Å². The lowest BCUT2D eigenvalue weighted by atomic mass is 10.1. The zero-order valence-corrected chi connectivity index (χ0v) is 13.9. The van der Waals surface area contributed by atoms with Crippen molar-refractivity contribution in [2.75, 3.05) is 13.1 Å². The van der Waals surface area contributed by atoms with Crippen LogP contribution in [0.3, 0.4) is 0 Å². The molecule has 0 aromatic heterocycles. The summed E-state index contributed by atoms with van der Waals surface area (Å²) in [6, 6.07) is 6.25. The zero-order chi connectivity index (χ0) is 14.0.